The Bertz CT molecular complexity index is 1010. The molecule has 26 heavy (non-hydrogen) atoms. The molecule has 0 bridgehead atoms. The quantitative estimate of drug-likeness (QED) is 0.418. The number of amides is 1. The molecule has 2 heterocycles. The molecule has 2 aromatic heterocycles. The second kappa shape index (κ2) is 7.63. The van der Waals surface area contributed by atoms with Gasteiger partial charge in [-0.25, -0.2) is 10.4 Å². The van der Waals surface area contributed by atoms with Gasteiger partial charge >= 0.3 is 0 Å². The van der Waals surface area contributed by atoms with Crippen molar-refractivity contribution in [2.75, 3.05) is 5.73 Å². The molecular weight excluding hydrogens is 415 g/mol. The first-order valence-electron chi connectivity index (χ1n) is 7.19. The first-order valence-corrected chi connectivity index (χ1v) is 9.64. The number of halogens is 2. The molecular formula is C16H12Cl2N4O2S2. The standard InChI is InChI=1S/C16H12Cl2N4O2S2/c1-7(21-22-15(24)12-5-20-16(19)26-12)9-6-25-14(13(9)23)8-2-3-10(17)11(18)4-8/h2-6,23H,1H3,(H2,19,20)(H,22,24). The molecule has 0 atom stereocenters. The van der Waals surface area contributed by atoms with Gasteiger partial charge < -0.3 is 10.8 Å². The summed E-state index contributed by atoms with van der Waals surface area (Å²) in [5.74, 6) is -0.358. The average molecular weight is 427 g/mol. The van der Waals surface area contributed by atoms with Gasteiger partial charge in [0.15, 0.2) is 5.13 Å². The molecule has 1 aromatic carbocycles. The molecule has 1 amide bonds. The Hall–Kier alpha value is -2.13. The summed E-state index contributed by atoms with van der Waals surface area (Å²) < 4.78 is 0. The summed E-state index contributed by atoms with van der Waals surface area (Å²) in [5.41, 5.74) is 9.64. The van der Waals surface area contributed by atoms with E-state index in [0.29, 0.717) is 36.2 Å². The largest absolute Gasteiger partial charge is 0.506 e. The zero-order chi connectivity index (χ0) is 18.8. The molecule has 10 heteroatoms. The lowest BCUT2D eigenvalue weighted by atomic mass is 10.1. The number of hydrazone groups is 1. The molecule has 0 saturated carbocycles. The lowest BCUT2D eigenvalue weighted by Gasteiger charge is -2.04. The number of hydrogen-bond donors (Lipinski definition) is 3. The van der Waals surface area contributed by atoms with Gasteiger partial charge in [0.1, 0.15) is 10.6 Å². The predicted molar refractivity (Wildman–Crippen MR) is 108 cm³/mol. The van der Waals surface area contributed by atoms with Crippen LogP contribution in [0.4, 0.5) is 5.13 Å². The summed E-state index contributed by atoms with van der Waals surface area (Å²) in [6.45, 7) is 1.68. The third kappa shape index (κ3) is 3.83. The highest BCUT2D eigenvalue weighted by Gasteiger charge is 2.16. The van der Waals surface area contributed by atoms with Crippen LogP contribution in [0.15, 0.2) is 34.9 Å². The normalized spacial score (nSPS) is 11.6. The number of carbonyl (C=O) groups is 1. The van der Waals surface area contributed by atoms with Crippen molar-refractivity contribution in [1.29, 1.82) is 0 Å². The molecule has 0 fully saturated rings. The van der Waals surface area contributed by atoms with Crippen LogP contribution in [0, 0.1) is 0 Å². The molecule has 0 radical (unpaired) electrons. The van der Waals surface area contributed by atoms with Gasteiger partial charge in [0, 0.05) is 5.38 Å². The molecule has 0 spiro atoms. The third-order valence-electron chi connectivity index (χ3n) is 3.41. The number of carbonyl (C=O) groups excluding carboxylic acids is 1. The van der Waals surface area contributed by atoms with Gasteiger partial charge in [-0.15, -0.1) is 11.3 Å². The number of anilines is 1. The van der Waals surface area contributed by atoms with E-state index in [4.69, 9.17) is 28.9 Å². The highest BCUT2D eigenvalue weighted by Crippen LogP contribution is 2.40. The number of rotatable bonds is 4. The van der Waals surface area contributed by atoms with E-state index >= 15 is 0 Å². The van der Waals surface area contributed by atoms with Gasteiger partial charge in [0.05, 0.1) is 32.4 Å². The fourth-order valence-electron chi connectivity index (χ4n) is 2.09. The minimum atomic E-state index is -0.419. The van der Waals surface area contributed by atoms with Crippen LogP contribution in [-0.4, -0.2) is 21.7 Å². The van der Waals surface area contributed by atoms with E-state index in [2.05, 4.69) is 15.5 Å². The number of hydrogen-bond acceptors (Lipinski definition) is 7. The molecule has 3 rings (SSSR count). The smallest absolute Gasteiger partial charge is 0.283 e. The second-order valence-corrected chi connectivity index (χ2v) is 7.91. The van der Waals surface area contributed by atoms with E-state index in [1.54, 1.807) is 30.5 Å². The molecule has 6 nitrogen and oxygen atoms in total. The van der Waals surface area contributed by atoms with E-state index in [-0.39, 0.29) is 5.75 Å². The van der Waals surface area contributed by atoms with Gasteiger partial charge in [-0.2, -0.15) is 5.10 Å². The summed E-state index contributed by atoms with van der Waals surface area (Å²) in [7, 11) is 0. The van der Waals surface area contributed by atoms with E-state index in [0.717, 1.165) is 16.9 Å². The van der Waals surface area contributed by atoms with Crippen LogP contribution >= 0.6 is 45.9 Å². The van der Waals surface area contributed by atoms with Crippen molar-refractivity contribution in [2.24, 2.45) is 5.10 Å². The zero-order valence-electron chi connectivity index (χ0n) is 13.3. The lowest BCUT2D eigenvalue weighted by molar-refractivity contribution is 0.0958. The van der Waals surface area contributed by atoms with Crippen molar-refractivity contribution in [3.05, 3.63) is 50.3 Å². The Morgan fingerprint density at radius 2 is 2.12 bits per heavy atom. The zero-order valence-corrected chi connectivity index (χ0v) is 16.4. The first kappa shape index (κ1) is 18.7. The number of aromatic nitrogens is 1. The third-order valence-corrected chi connectivity index (χ3v) is 5.99. The van der Waals surface area contributed by atoms with Gasteiger partial charge in [-0.05, 0) is 24.6 Å². The number of thiazole rings is 1. The van der Waals surface area contributed by atoms with E-state index in [9.17, 15) is 9.90 Å². The van der Waals surface area contributed by atoms with E-state index in [1.807, 2.05) is 0 Å². The van der Waals surface area contributed by atoms with E-state index < -0.39 is 5.91 Å². The van der Waals surface area contributed by atoms with Crippen molar-refractivity contribution in [3.63, 3.8) is 0 Å². The molecule has 0 unspecified atom stereocenters. The maximum Gasteiger partial charge on any atom is 0.283 e. The maximum absolute atomic E-state index is 12.0. The monoisotopic (exact) mass is 426 g/mol. The van der Waals surface area contributed by atoms with Crippen LogP contribution in [0.5, 0.6) is 5.75 Å². The number of thiophene rings is 1. The molecule has 0 aliphatic carbocycles. The maximum atomic E-state index is 12.0. The van der Waals surface area contributed by atoms with Crippen LogP contribution in [0.2, 0.25) is 10.0 Å². The fourth-order valence-corrected chi connectivity index (χ4v) is 3.97. The van der Waals surface area contributed by atoms with E-state index in [1.165, 1.54) is 17.5 Å². The molecule has 4 N–H and O–H groups in total. The second-order valence-electron chi connectivity index (χ2n) is 5.16. The van der Waals surface area contributed by atoms with Crippen LogP contribution in [0.1, 0.15) is 22.2 Å². The number of nitrogens with zero attached hydrogens (tertiary/aromatic N) is 2. The Kier molecular flexibility index (Phi) is 5.47. The summed E-state index contributed by atoms with van der Waals surface area (Å²) in [6.07, 6.45) is 1.38. The summed E-state index contributed by atoms with van der Waals surface area (Å²) in [4.78, 5) is 16.8. The molecule has 0 aliphatic heterocycles. The topological polar surface area (TPSA) is 101 Å². The molecule has 3 aromatic rings. The molecule has 0 aliphatic rings. The van der Waals surface area contributed by atoms with Gasteiger partial charge in [-0.1, -0.05) is 40.6 Å². The van der Waals surface area contributed by atoms with Crippen LogP contribution in [0.3, 0.4) is 0 Å². The Morgan fingerprint density at radius 1 is 1.35 bits per heavy atom. The SMILES string of the molecule is CC(=NNC(=O)c1cnc(N)s1)c1csc(-c2ccc(Cl)c(Cl)c2)c1O. The fraction of sp³-hybridized carbons (Fsp3) is 0.0625. The lowest BCUT2D eigenvalue weighted by Crippen LogP contribution is -2.18. The number of nitrogen functional groups attached to an aromatic ring is 1. The van der Waals surface area contributed by atoms with Crippen molar-refractivity contribution in [3.8, 4) is 16.2 Å². The first-order chi connectivity index (χ1) is 12.4. The van der Waals surface area contributed by atoms with Crippen LogP contribution in [0.25, 0.3) is 10.4 Å². The minimum Gasteiger partial charge on any atom is -0.506 e. The predicted octanol–water partition coefficient (Wildman–Crippen LogP) is 4.62. The van der Waals surface area contributed by atoms with Crippen LogP contribution in [-0.2, 0) is 0 Å². The average Bonchev–Trinajstić information content (AvgIpc) is 3.21. The van der Waals surface area contributed by atoms with Gasteiger partial charge in [0.2, 0.25) is 0 Å². The summed E-state index contributed by atoms with van der Waals surface area (Å²) in [5, 5.41) is 17.4. The van der Waals surface area contributed by atoms with Crippen molar-refractivity contribution < 1.29 is 9.90 Å². The van der Waals surface area contributed by atoms with Crippen molar-refractivity contribution in [1.82, 2.24) is 10.4 Å². The number of nitrogens with two attached hydrogens (primary N) is 1. The highest BCUT2D eigenvalue weighted by molar-refractivity contribution is 7.17. The molecule has 134 valence electrons. The number of benzene rings is 1. The van der Waals surface area contributed by atoms with Crippen molar-refractivity contribution in [2.45, 2.75) is 6.92 Å². The Labute approximate surface area is 166 Å². The summed E-state index contributed by atoms with van der Waals surface area (Å²) in [6, 6.07) is 5.12. The van der Waals surface area contributed by atoms with Gasteiger partial charge in [0.25, 0.3) is 5.91 Å². The number of nitrogens with one attached hydrogen (secondary N) is 1. The number of aromatic hydroxyl groups is 1. The Balaban J connectivity index is 1.82. The highest BCUT2D eigenvalue weighted by atomic mass is 35.5. The minimum absolute atomic E-state index is 0.0610. The Morgan fingerprint density at radius 3 is 2.77 bits per heavy atom. The van der Waals surface area contributed by atoms with Crippen LogP contribution < -0.4 is 11.2 Å². The van der Waals surface area contributed by atoms with Gasteiger partial charge in [-0.3, -0.25) is 4.79 Å². The molecule has 0 saturated heterocycles. The summed E-state index contributed by atoms with van der Waals surface area (Å²) >= 11 is 14.4. The van der Waals surface area contributed by atoms with Crippen molar-refractivity contribution >= 4 is 62.6 Å².